The van der Waals surface area contributed by atoms with Crippen molar-refractivity contribution in [3.05, 3.63) is 63.4 Å². The number of ketones is 2. The molecule has 2 fully saturated rings. The van der Waals surface area contributed by atoms with Gasteiger partial charge in [-0.25, -0.2) is 4.39 Å². The molecule has 1 saturated heterocycles. The summed E-state index contributed by atoms with van der Waals surface area (Å²) in [6, 6.07) is 8.65. The van der Waals surface area contributed by atoms with E-state index in [1.807, 2.05) is 0 Å². The summed E-state index contributed by atoms with van der Waals surface area (Å²) in [5, 5.41) is 6.87. The van der Waals surface area contributed by atoms with Crippen LogP contribution in [0.2, 0.25) is 10.0 Å². The van der Waals surface area contributed by atoms with E-state index in [9.17, 15) is 14.4 Å². The molecule has 1 amide bonds. The number of carbonyl (C=O) groups excluding carboxylic acids is 3. The molecule has 2 aromatic carbocycles. The first kappa shape index (κ1) is 25.4. The van der Waals surface area contributed by atoms with E-state index in [1.165, 1.54) is 6.07 Å². The first-order valence-corrected chi connectivity index (χ1v) is 13.0. The molecule has 4 atom stereocenters. The Bertz CT molecular complexity index is 1270. The summed E-state index contributed by atoms with van der Waals surface area (Å²) >= 11 is 12.5. The van der Waals surface area contributed by atoms with E-state index in [4.69, 9.17) is 23.2 Å². The maximum absolute atomic E-state index is 15.7. The highest BCUT2D eigenvalue weighted by atomic mass is 35.5. The third kappa shape index (κ3) is 4.07. The molecule has 0 bridgehead atoms. The van der Waals surface area contributed by atoms with Gasteiger partial charge in [0.2, 0.25) is 5.91 Å². The van der Waals surface area contributed by atoms with Crippen molar-refractivity contribution in [3.8, 4) is 0 Å². The van der Waals surface area contributed by atoms with Crippen LogP contribution in [0.25, 0.3) is 0 Å². The van der Waals surface area contributed by atoms with Crippen molar-refractivity contribution in [3.63, 3.8) is 0 Å². The molecule has 2 N–H and O–H groups in total. The molecule has 8 heteroatoms. The van der Waals surface area contributed by atoms with Crippen LogP contribution in [0.3, 0.4) is 0 Å². The zero-order valence-corrected chi connectivity index (χ0v) is 22.0. The highest BCUT2D eigenvalue weighted by molar-refractivity contribution is 6.31. The number of benzene rings is 2. The molecule has 0 aromatic heterocycles. The average Bonchev–Trinajstić information content (AvgIpc) is 3.23. The monoisotopic (exact) mass is 530 g/mol. The van der Waals surface area contributed by atoms with Crippen LogP contribution in [-0.2, 0) is 19.8 Å². The van der Waals surface area contributed by atoms with Crippen LogP contribution in [0.1, 0.15) is 63.5 Å². The summed E-state index contributed by atoms with van der Waals surface area (Å²) in [6.07, 6.45) is 1.53. The van der Waals surface area contributed by atoms with Gasteiger partial charge in [0.1, 0.15) is 17.0 Å². The second-order valence-corrected chi connectivity index (χ2v) is 12.4. The minimum Gasteiger partial charge on any atom is -0.325 e. The number of hydrogen-bond donors (Lipinski definition) is 2. The maximum Gasteiger partial charge on any atom is 0.237 e. The Morgan fingerprint density at radius 3 is 2.53 bits per heavy atom. The molecule has 2 aliphatic heterocycles. The van der Waals surface area contributed by atoms with E-state index in [2.05, 4.69) is 31.4 Å². The first-order valence-electron chi connectivity index (χ1n) is 12.3. The van der Waals surface area contributed by atoms with E-state index in [0.717, 1.165) is 0 Å². The summed E-state index contributed by atoms with van der Waals surface area (Å²) in [7, 11) is 0. The predicted molar refractivity (Wildman–Crippen MR) is 138 cm³/mol. The lowest BCUT2D eigenvalue weighted by atomic mass is 9.62. The normalized spacial score (nSPS) is 27.8. The van der Waals surface area contributed by atoms with Gasteiger partial charge in [0.25, 0.3) is 0 Å². The summed E-state index contributed by atoms with van der Waals surface area (Å²) in [5.41, 5.74) is 0.0348. The van der Waals surface area contributed by atoms with Crippen molar-refractivity contribution in [1.82, 2.24) is 5.32 Å². The lowest BCUT2D eigenvalue weighted by Gasteiger charge is -2.38. The number of rotatable bonds is 5. The SMILES string of the molecule is CC(C)(C)C[C@H]1N[C@@H](C(=O)CC2CC(=O)C2)[C@H](c2cccc(Cl)c2F)[C@@]12C(=O)Nc1cc(Cl)ccc12. The fraction of sp³-hybridized carbons (Fsp3) is 0.464. The fourth-order valence-corrected chi connectivity index (χ4v) is 6.70. The summed E-state index contributed by atoms with van der Waals surface area (Å²) in [4.78, 5) is 39.4. The van der Waals surface area contributed by atoms with Gasteiger partial charge in [0.15, 0.2) is 5.78 Å². The topological polar surface area (TPSA) is 75.3 Å². The molecule has 5 rings (SSSR count). The second kappa shape index (κ2) is 8.93. The number of fused-ring (bicyclic) bond motifs is 2. The number of anilines is 1. The Hall–Kier alpha value is -2.28. The van der Waals surface area contributed by atoms with E-state index in [0.29, 0.717) is 35.5 Å². The Morgan fingerprint density at radius 1 is 1.14 bits per heavy atom. The molecule has 5 nitrogen and oxygen atoms in total. The zero-order valence-electron chi connectivity index (χ0n) is 20.5. The number of halogens is 3. The second-order valence-electron chi connectivity index (χ2n) is 11.6. The third-order valence-corrected chi connectivity index (χ3v) is 8.33. The highest BCUT2D eigenvalue weighted by Crippen LogP contribution is 2.57. The molecule has 0 radical (unpaired) electrons. The molecule has 190 valence electrons. The van der Waals surface area contributed by atoms with Crippen molar-refractivity contribution in [2.75, 3.05) is 5.32 Å². The Kier molecular flexibility index (Phi) is 6.29. The predicted octanol–water partition coefficient (Wildman–Crippen LogP) is 5.82. The Labute approximate surface area is 220 Å². The largest absolute Gasteiger partial charge is 0.325 e. The number of hydrogen-bond acceptors (Lipinski definition) is 4. The fourth-order valence-electron chi connectivity index (χ4n) is 6.34. The van der Waals surface area contributed by atoms with Gasteiger partial charge in [-0.15, -0.1) is 0 Å². The van der Waals surface area contributed by atoms with Crippen molar-refractivity contribution < 1.29 is 18.8 Å². The van der Waals surface area contributed by atoms with Gasteiger partial charge in [0, 0.05) is 41.9 Å². The van der Waals surface area contributed by atoms with Crippen LogP contribution in [-0.4, -0.2) is 29.6 Å². The van der Waals surface area contributed by atoms with Crippen LogP contribution < -0.4 is 10.6 Å². The maximum atomic E-state index is 15.7. The Morgan fingerprint density at radius 2 is 1.86 bits per heavy atom. The minimum atomic E-state index is -1.26. The van der Waals surface area contributed by atoms with Crippen LogP contribution in [0.15, 0.2) is 36.4 Å². The van der Waals surface area contributed by atoms with Crippen molar-refractivity contribution >= 4 is 46.4 Å². The number of carbonyl (C=O) groups is 3. The van der Waals surface area contributed by atoms with Crippen LogP contribution in [0.5, 0.6) is 0 Å². The first-order chi connectivity index (χ1) is 16.9. The van der Waals surface area contributed by atoms with Crippen molar-refractivity contribution in [2.45, 2.75) is 69.9 Å². The van der Waals surface area contributed by atoms with Gasteiger partial charge < -0.3 is 10.6 Å². The molecule has 2 aromatic rings. The third-order valence-electron chi connectivity index (χ3n) is 7.81. The molecule has 36 heavy (non-hydrogen) atoms. The standard InChI is InChI=1S/C28H29Cl2FN2O3/c1-27(2,3)13-22-28(18-8-7-15(29)12-20(18)32-26(28)36)23(17-5-4-6-19(30)24(17)31)25(33-22)21(35)11-14-9-16(34)10-14/h4-8,12,14,22-23,25,33H,9-11,13H2,1-3H3,(H,32,36)/t22-,23+,25+,28+/m1/s1. The van der Waals surface area contributed by atoms with E-state index in [-0.39, 0.29) is 45.8 Å². The molecule has 2 heterocycles. The highest BCUT2D eigenvalue weighted by Gasteiger charge is 2.66. The number of nitrogens with one attached hydrogen (secondary N) is 2. The van der Waals surface area contributed by atoms with Gasteiger partial charge in [-0.3, -0.25) is 14.4 Å². The van der Waals surface area contributed by atoms with Crippen LogP contribution in [0, 0.1) is 17.2 Å². The smallest absolute Gasteiger partial charge is 0.237 e. The van der Waals surface area contributed by atoms with Crippen molar-refractivity contribution in [1.29, 1.82) is 0 Å². The number of amides is 1. The lowest BCUT2D eigenvalue weighted by Crippen LogP contribution is -2.49. The molecular weight excluding hydrogens is 502 g/mol. The van der Waals surface area contributed by atoms with E-state index < -0.39 is 29.2 Å². The summed E-state index contributed by atoms with van der Waals surface area (Å²) in [6.45, 7) is 6.21. The molecule has 1 saturated carbocycles. The molecular formula is C28H29Cl2FN2O3. The average molecular weight is 531 g/mol. The van der Waals surface area contributed by atoms with Gasteiger partial charge >= 0.3 is 0 Å². The summed E-state index contributed by atoms with van der Waals surface area (Å²) < 4.78 is 15.7. The van der Waals surface area contributed by atoms with Crippen LogP contribution >= 0.6 is 23.2 Å². The zero-order chi connectivity index (χ0) is 26.0. The summed E-state index contributed by atoms with van der Waals surface area (Å²) in [5.74, 6) is -1.75. The quantitative estimate of drug-likeness (QED) is 0.510. The van der Waals surface area contributed by atoms with Crippen LogP contribution in [0.4, 0.5) is 10.1 Å². The molecule has 3 aliphatic rings. The minimum absolute atomic E-state index is 0.0160. The number of Topliss-reactive ketones (excluding diaryl/α,β-unsaturated/α-hetero) is 2. The molecule has 0 unspecified atom stereocenters. The van der Waals surface area contributed by atoms with E-state index in [1.54, 1.807) is 30.3 Å². The van der Waals surface area contributed by atoms with Gasteiger partial charge in [-0.05, 0) is 47.1 Å². The van der Waals surface area contributed by atoms with Gasteiger partial charge in [-0.1, -0.05) is 62.2 Å². The van der Waals surface area contributed by atoms with Gasteiger partial charge in [-0.2, -0.15) is 0 Å². The van der Waals surface area contributed by atoms with E-state index >= 15 is 4.39 Å². The Balaban J connectivity index is 1.71. The van der Waals surface area contributed by atoms with Gasteiger partial charge in [0.05, 0.1) is 11.1 Å². The molecule has 1 spiro atoms. The molecule has 1 aliphatic carbocycles. The van der Waals surface area contributed by atoms with Crippen molar-refractivity contribution in [2.24, 2.45) is 11.3 Å². The lowest BCUT2D eigenvalue weighted by molar-refractivity contribution is -0.129.